The highest BCUT2D eigenvalue weighted by atomic mass is 32.1. The van der Waals surface area contributed by atoms with E-state index in [1.54, 1.807) is 0 Å². The average molecular weight is 213 g/mol. The lowest BCUT2D eigenvalue weighted by Gasteiger charge is -2.03. The van der Waals surface area contributed by atoms with Crippen molar-refractivity contribution in [3.63, 3.8) is 0 Å². The summed E-state index contributed by atoms with van der Waals surface area (Å²) in [5, 5.41) is 5.33. The summed E-state index contributed by atoms with van der Waals surface area (Å²) in [5.74, 6) is -0.0180. The average Bonchev–Trinajstić information content (AvgIpc) is 2.53. The quantitative estimate of drug-likeness (QED) is 0.790. The van der Waals surface area contributed by atoms with Crippen LogP contribution < -0.4 is 11.1 Å². The molecule has 14 heavy (non-hydrogen) atoms. The van der Waals surface area contributed by atoms with Crippen LogP contribution in [-0.2, 0) is 11.2 Å². The van der Waals surface area contributed by atoms with Gasteiger partial charge in [0.05, 0.1) is 5.69 Å². The third-order valence-electron chi connectivity index (χ3n) is 1.71. The van der Waals surface area contributed by atoms with E-state index in [-0.39, 0.29) is 11.8 Å². The zero-order valence-electron chi connectivity index (χ0n) is 8.41. The standard InChI is InChI=1S/C9H15N3OS/c1-6(2)8(13)12-9-11-7(3-4-10)5-14-9/h5-6H,3-4,10H2,1-2H3,(H,11,12,13). The van der Waals surface area contributed by atoms with Gasteiger partial charge in [0.15, 0.2) is 5.13 Å². The fraction of sp³-hybridized carbons (Fsp3) is 0.556. The van der Waals surface area contributed by atoms with Gasteiger partial charge in [0.25, 0.3) is 0 Å². The van der Waals surface area contributed by atoms with Crippen LogP contribution in [0.25, 0.3) is 0 Å². The fourth-order valence-electron chi connectivity index (χ4n) is 0.877. The molecule has 4 nitrogen and oxygen atoms in total. The maximum Gasteiger partial charge on any atom is 0.228 e. The Bertz CT molecular complexity index is 309. The van der Waals surface area contributed by atoms with Gasteiger partial charge in [-0.1, -0.05) is 13.8 Å². The minimum Gasteiger partial charge on any atom is -0.330 e. The Balaban J connectivity index is 2.55. The number of anilines is 1. The highest BCUT2D eigenvalue weighted by Crippen LogP contribution is 2.16. The molecule has 0 aromatic carbocycles. The summed E-state index contributed by atoms with van der Waals surface area (Å²) < 4.78 is 0. The van der Waals surface area contributed by atoms with Gasteiger partial charge in [-0.3, -0.25) is 4.79 Å². The summed E-state index contributed by atoms with van der Waals surface area (Å²) in [7, 11) is 0. The van der Waals surface area contributed by atoms with Crippen molar-refractivity contribution in [1.29, 1.82) is 0 Å². The Hall–Kier alpha value is -0.940. The number of carbonyl (C=O) groups excluding carboxylic acids is 1. The predicted octanol–water partition coefficient (Wildman–Crippen LogP) is 1.24. The number of hydrogen-bond donors (Lipinski definition) is 2. The van der Waals surface area contributed by atoms with Crippen molar-refractivity contribution in [3.05, 3.63) is 11.1 Å². The van der Waals surface area contributed by atoms with Crippen molar-refractivity contribution in [1.82, 2.24) is 4.98 Å². The van der Waals surface area contributed by atoms with Crippen molar-refractivity contribution in [2.24, 2.45) is 11.7 Å². The van der Waals surface area contributed by atoms with Gasteiger partial charge in [0.2, 0.25) is 5.91 Å². The first kappa shape index (κ1) is 11.1. The maximum atomic E-state index is 11.3. The summed E-state index contributed by atoms with van der Waals surface area (Å²) >= 11 is 1.44. The van der Waals surface area contributed by atoms with Gasteiger partial charge in [0, 0.05) is 17.7 Å². The lowest BCUT2D eigenvalue weighted by Crippen LogP contribution is -2.17. The van der Waals surface area contributed by atoms with Gasteiger partial charge in [0.1, 0.15) is 0 Å². The van der Waals surface area contributed by atoms with E-state index < -0.39 is 0 Å². The summed E-state index contributed by atoms with van der Waals surface area (Å²) in [6, 6.07) is 0. The summed E-state index contributed by atoms with van der Waals surface area (Å²) in [6.07, 6.45) is 0.758. The molecule has 0 spiro atoms. The Kier molecular flexibility index (Phi) is 4.03. The first-order valence-corrected chi connectivity index (χ1v) is 5.46. The van der Waals surface area contributed by atoms with Gasteiger partial charge >= 0.3 is 0 Å². The molecule has 0 radical (unpaired) electrons. The molecular formula is C9H15N3OS. The Labute approximate surface area is 87.5 Å². The summed E-state index contributed by atoms with van der Waals surface area (Å²) in [4.78, 5) is 15.5. The van der Waals surface area contributed by atoms with Crippen LogP contribution in [-0.4, -0.2) is 17.4 Å². The molecule has 0 fully saturated rings. The molecule has 0 aliphatic rings. The number of nitrogens with one attached hydrogen (secondary N) is 1. The Morgan fingerprint density at radius 2 is 2.43 bits per heavy atom. The van der Waals surface area contributed by atoms with Crippen molar-refractivity contribution >= 4 is 22.4 Å². The van der Waals surface area contributed by atoms with E-state index in [0.29, 0.717) is 11.7 Å². The Morgan fingerprint density at radius 1 is 1.71 bits per heavy atom. The molecule has 0 saturated carbocycles. The van der Waals surface area contributed by atoms with Crippen molar-refractivity contribution in [3.8, 4) is 0 Å². The summed E-state index contributed by atoms with van der Waals surface area (Å²) in [6.45, 7) is 4.29. The number of nitrogens with two attached hydrogens (primary N) is 1. The zero-order chi connectivity index (χ0) is 10.6. The molecule has 1 heterocycles. The first-order valence-electron chi connectivity index (χ1n) is 4.59. The van der Waals surface area contributed by atoms with Crippen LogP contribution in [0.3, 0.4) is 0 Å². The normalized spacial score (nSPS) is 10.6. The highest BCUT2D eigenvalue weighted by molar-refractivity contribution is 7.13. The SMILES string of the molecule is CC(C)C(=O)Nc1nc(CCN)cs1. The molecule has 1 aromatic heterocycles. The first-order chi connectivity index (χ1) is 6.63. The minimum atomic E-state index is -0.0168. The molecule has 0 aliphatic heterocycles. The van der Waals surface area contributed by atoms with E-state index in [0.717, 1.165) is 12.1 Å². The van der Waals surface area contributed by atoms with Crippen LogP contribution in [0.5, 0.6) is 0 Å². The maximum absolute atomic E-state index is 11.3. The number of rotatable bonds is 4. The zero-order valence-corrected chi connectivity index (χ0v) is 9.23. The Morgan fingerprint density at radius 3 is 3.00 bits per heavy atom. The molecule has 1 amide bonds. The van der Waals surface area contributed by atoms with Crippen molar-refractivity contribution < 1.29 is 4.79 Å². The summed E-state index contributed by atoms with van der Waals surface area (Å²) in [5.41, 5.74) is 6.34. The van der Waals surface area contributed by atoms with E-state index in [4.69, 9.17) is 5.73 Å². The van der Waals surface area contributed by atoms with Gasteiger partial charge in [-0.15, -0.1) is 11.3 Å². The minimum absolute atomic E-state index is 0.00125. The molecule has 1 rings (SSSR count). The van der Waals surface area contributed by atoms with E-state index >= 15 is 0 Å². The number of nitrogens with zero attached hydrogens (tertiary/aromatic N) is 1. The highest BCUT2D eigenvalue weighted by Gasteiger charge is 2.09. The van der Waals surface area contributed by atoms with E-state index in [1.807, 2.05) is 19.2 Å². The van der Waals surface area contributed by atoms with Crippen molar-refractivity contribution in [2.45, 2.75) is 20.3 Å². The largest absolute Gasteiger partial charge is 0.330 e. The van der Waals surface area contributed by atoms with Crippen molar-refractivity contribution in [2.75, 3.05) is 11.9 Å². The molecule has 0 atom stereocenters. The second-order valence-corrected chi connectivity index (χ2v) is 4.18. The van der Waals surface area contributed by atoms with Crippen LogP contribution in [0.1, 0.15) is 19.5 Å². The smallest absolute Gasteiger partial charge is 0.228 e. The number of thiazole rings is 1. The predicted molar refractivity (Wildman–Crippen MR) is 58.3 cm³/mol. The topological polar surface area (TPSA) is 68.0 Å². The monoisotopic (exact) mass is 213 g/mol. The number of carbonyl (C=O) groups is 1. The molecule has 0 saturated heterocycles. The second-order valence-electron chi connectivity index (χ2n) is 3.33. The van der Waals surface area contributed by atoms with E-state index in [1.165, 1.54) is 11.3 Å². The second kappa shape index (κ2) is 5.07. The van der Waals surface area contributed by atoms with Crippen LogP contribution in [0.4, 0.5) is 5.13 Å². The molecule has 5 heteroatoms. The number of aromatic nitrogens is 1. The number of hydrogen-bond acceptors (Lipinski definition) is 4. The van der Waals surface area contributed by atoms with Gasteiger partial charge in [-0.05, 0) is 6.54 Å². The molecule has 0 aliphatic carbocycles. The lowest BCUT2D eigenvalue weighted by atomic mass is 10.2. The molecule has 78 valence electrons. The number of amides is 1. The fourth-order valence-corrected chi connectivity index (χ4v) is 1.62. The molecule has 1 aromatic rings. The molecule has 0 unspecified atom stereocenters. The third-order valence-corrected chi connectivity index (χ3v) is 2.51. The molecular weight excluding hydrogens is 198 g/mol. The van der Waals surface area contributed by atoms with Gasteiger partial charge in [-0.25, -0.2) is 4.98 Å². The molecule has 3 N–H and O–H groups in total. The van der Waals surface area contributed by atoms with Gasteiger partial charge in [-0.2, -0.15) is 0 Å². The van der Waals surface area contributed by atoms with Crippen LogP contribution in [0, 0.1) is 5.92 Å². The van der Waals surface area contributed by atoms with Crippen LogP contribution in [0.2, 0.25) is 0 Å². The molecule has 0 bridgehead atoms. The van der Waals surface area contributed by atoms with Crippen LogP contribution in [0.15, 0.2) is 5.38 Å². The lowest BCUT2D eigenvalue weighted by molar-refractivity contribution is -0.118. The third kappa shape index (κ3) is 3.08. The van der Waals surface area contributed by atoms with Gasteiger partial charge < -0.3 is 11.1 Å². The van der Waals surface area contributed by atoms with Crippen LogP contribution >= 0.6 is 11.3 Å². The van der Waals surface area contributed by atoms with E-state index in [2.05, 4.69) is 10.3 Å². The van der Waals surface area contributed by atoms with E-state index in [9.17, 15) is 4.79 Å².